The largest absolute Gasteiger partial charge is 0.467 e. The van der Waals surface area contributed by atoms with Crippen molar-refractivity contribution in [3.63, 3.8) is 0 Å². The van der Waals surface area contributed by atoms with Gasteiger partial charge in [0, 0.05) is 31.7 Å². The lowest BCUT2D eigenvalue weighted by molar-refractivity contribution is 0.511. The standard InChI is InChI=1S/C18H22F2N4O.HI/c1-2-21-18(22-11-15-4-3-9-25-15)23-14-7-8-24(12-14)17-6-5-13(19)10-16(17)20;/h3-6,9-10,14H,2,7-8,11-12H2,1H3,(H2,21,22,23);1H. The van der Waals surface area contributed by atoms with Gasteiger partial charge in [0.05, 0.1) is 12.0 Å². The monoisotopic (exact) mass is 476 g/mol. The van der Waals surface area contributed by atoms with Gasteiger partial charge < -0.3 is 20.0 Å². The van der Waals surface area contributed by atoms with E-state index in [1.165, 1.54) is 12.1 Å². The number of guanidine groups is 1. The summed E-state index contributed by atoms with van der Waals surface area (Å²) in [5.74, 6) is 0.401. The van der Waals surface area contributed by atoms with Crippen LogP contribution in [0.15, 0.2) is 46.0 Å². The predicted molar refractivity (Wildman–Crippen MR) is 109 cm³/mol. The van der Waals surface area contributed by atoms with Crippen molar-refractivity contribution in [3.05, 3.63) is 54.0 Å². The van der Waals surface area contributed by atoms with E-state index >= 15 is 0 Å². The average Bonchev–Trinajstić information content (AvgIpc) is 3.24. The molecule has 26 heavy (non-hydrogen) atoms. The summed E-state index contributed by atoms with van der Waals surface area (Å²) in [5.41, 5.74) is 0.434. The van der Waals surface area contributed by atoms with Crippen molar-refractivity contribution in [2.24, 2.45) is 4.99 Å². The molecule has 8 heteroatoms. The molecule has 0 bridgehead atoms. The second-order valence-corrected chi connectivity index (χ2v) is 5.95. The molecule has 1 saturated heterocycles. The van der Waals surface area contributed by atoms with Gasteiger partial charge in [-0.1, -0.05) is 0 Å². The van der Waals surface area contributed by atoms with Crippen LogP contribution < -0.4 is 15.5 Å². The third kappa shape index (κ3) is 5.33. The molecule has 1 atom stereocenters. The molecule has 3 rings (SSSR count). The number of nitrogens with one attached hydrogen (secondary N) is 2. The van der Waals surface area contributed by atoms with E-state index in [-0.39, 0.29) is 30.0 Å². The Morgan fingerprint density at radius 2 is 2.19 bits per heavy atom. The number of furan rings is 1. The predicted octanol–water partition coefficient (Wildman–Crippen LogP) is 3.51. The molecule has 2 N–H and O–H groups in total. The summed E-state index contributed by atoms with van der Waals surface area (Å²) in [6, 6.07) is 7.54. The third-order valence-corrected chi connectivity index (χ3v) is 4.10. The van der Waals surface area contributed by atoms with Crippen molar-refractivity contribution < 1.29 is 13.2 Å². The maximum Gasteiger partial charge on any atom is 0.191 e. The van der Waals surface area contributed by atoms with Gasteiger partial charge in [-0.05, 0) is 37.6 Å². The van der Waals surface area contributed by atoms with Crippen LogP contribution >= 0.6 is 24.0 Å². The first kappa shape index (κ1) is 20.5. The van der Waals surface area contributed by atoms with Crippen LogP contribution in [-0.2, 0) is 6.54 Å². The molecule has 2 aromatic rings. The van der Waals surface area contributed by atoms with Crippen LogP contribution in [0.5, 0.6) is 0 Å². The maximum absolute atomic E-state index is 13.9. The molecule has 1 fully saturated rings. The molecule has 2 heterocycles. The van der Waals surface area contributed by atoms with Gasteiger partial charge in [-0.3, -0.25) is 0 Å². The quantitative estimate of drug-likeness (QED) is 0.394. The minimum absolute atomic E-state index is 0. The molecule has 1 aliphatic heterocycles. The molecule has 1 aliphatic rings. The fourth-order valence-corrected chi connectivity index (χ4v) is 2.91. The number of hydrogen-bond donors (Lipinski definition) is 2. The minimum atomic E-state index is -0.561. The Kier molecular flexibility index (Phi) is 7.67. The van der Waals surface area contributed by atoms with Crippen LogP contribution in [0.4, 0.5) is 14.5 Å². The summed E-state index contributed by atoms with van der Waals surface area (Å²) in [7, 11) is 0. The fourth-order valence-electron chi connectivity index (χ4n) is 2.91. The zero-order valence-corrected chi connectivity index (χ0v) is 16.9. The molecule has 0 amide bonds. The van der Waals surface area contributed by atoms with Gasteiger partial charge in [0.1, 0.15) is 23.9 Å². The molecular formula is C18H23F2IN4O. The molecule has 0 aliphatic carbocycles. The SMILES string of the molecule is CCNC(=NCc1ccco1)NC1CCN(c2ccc(F)cc2F)C1.I. The zero-order chi connectivity index (χ0) is 17.6. The first-order valence-electron chi connectivity index (χ1n) is 8.43. The Morgan fingerprint density at radius 1 is 1.35 bits per heavy atom. The lowest BCUT2D eigenvalue weighted by Crippen LogP contribution is -2.44. The summed E-state index contributed by atoms with van der Waals surface area (Å²) in [5, 5.41) is 6.57. The number of hydrogen-bond acceptors (Lipinski definition) is 3. The average molecular weight is 476 g/mol. The van der Waals surface area contributed by atoms with Crippen LogP contribution in [0.25, 0.3) is 0 Å². The van der Waals surface area contributed by atoms with Gasteiger partial charge in [-0.15, -0.1) is 24.0 Å². The first-order chi connectivity index (χ1) is 12.2. The van der Waals surface area contributed by atoms with Crippen LogP contribution in [-0.4, -0.2) is 31.6 Å². The Morgan fingerprint density at radius 3 is 2.88 bits per heavy atom. The van der Waals surface area contributed by atoms with Gasteiger partial charge in [-0.25, -0.2) is 13.8 Å². The normalized spacial score (nSPS) is 17.1. The molecule has 1 unspecified atom stereocenters. The molecule has 1 aromatic heterocycles. The van der Waals surface area contributed by atoms with Crippen molar-refractivity contribution >= 4 is 35.6 Å². The molecule has 1 aromatic carbocycles. The highest BCUT2D eigenvalue weighted by Crippen LogP contribution is 2.24. The summed E-state index contributed by atoms with van der Waals surface area (Å²) in [6.07, 6.45) is 2.47. The number of benzene rings is 1. The van der Waals surface area contributed by atoms with Gasteiger partial charge in [0.15, 0.2) is 5.96 Å². The Balaban J connectivity index is 0.00000243. The van der Waals surface area contributed by atoms with Crippen molar-refractivity contribution in [2.75, 3.05) is 24.5 Å². The number of nitrogens with zero attached hydrogens (tertiary/aromatic N) is 2. The Labute approximate surface area is 168 Å². The molecule has 0 saturated carbocycles. The number of halogens is 3. The van der Waals surface area contributed by atoms with E-state index in [9.17, 15) is 8.78 Å². The highest BCUT2D eigenvalue weighted by molar-refractivity contribution is 14.0. The maximum atomic E-state index is 13.9. The second-order valence-electron chi connectivity index (χ2n) is 5.95. The molecule has 0 radical (unpaired) electrons. The van der Waals surface area contributed by atoms with E-state index in [0.717, 1.165) is 24.8 Å². The Hall–Kier alpha value is -1.84. The van der Waals surface area contributed by atoms with E-state index in [4.69, 9.17) is 4.42 Å². The van der Waals surface area contributed by atoms with Gasteiger partial charge in [0.25, 0.3) is 0 Å². The van der Waals surface area contributed by atoms with E-state index in [1.54, 1.807) is 6.26 Å². The molecule has 5 nitrogen and oxygen atoms in total. The van der Waals surface area contributed by atoms with Crippen LogP contribution in [0.3, 0.4) is 0 Å². The smallest absolute Gasteiger partial charge is 0.191 e. The topological polar surface area (TPSA) is 52.8 Å². The van der Waals surface area contributed by atoms with Crippen molar-refractivity contribution in [2.45, 2.75) is 25.9 Å². The summed E-state index contributed by atoms with van der Waals surface area (Å²) < 4.78 is 32.3. The lowest BCUT2D eigenvalue weighted by atomic mass is 10.2. The van der Waals surface area contributed by atoms with E-state index in [0.29, 0.717) is 31.3 Å². The van der Waals surface area contributed by atoms with Crippen LogP contribution in [0, 0.1) is 11.6 Å². The Bertz CT molecular complexity index is 724. The van der Waals surface area contributed by atoms with Gasteiger partial charge in [-0.2, -0.15) is 0 Å². The van der Waals surface area contributed by atoms with Gasteiger partial charge >= 0.3 is 0 Å². The summed E-state index contributed by atoms with van der Waals surface area (Å²) >= 11 is 0. The number of rotatable bonds is 5. The number of anilines is 1. The zero-order valence-electron chi connectivity index (χ0n) is 14.5. The van der Waals surface area contributed by atoms with Crippen LogP contribution in [0.1, 0.15) is 19.1 Å². The van der Waals surface area contributed by atoms with Gasteiger partial charge in [0.2, 0.25) is 0 Å². The minimum Gasteiger partial charge on any atom is -0.467 e. The van der Waals surface area contributed by atoms with E-state index in [1.807, 2.05) is 24.0 Å². The number of aliphatic imine (C=N–C) groups is 1. The molecule has 142 valence electrons. The molecule has 0 spiro atoms. The lowest BCUT2D eigenvalue weighted by Gasteiger charge is -2.20. The van der Waals surface area contributed by atoms with Crippen molar-refractivity contribution in [1.29, 1.82) is 0 Å². The van der Waals surface area contributed by atoms with E-state index in [2.05, 4.69) is 15.6 Å². The third-order valence-electron chi connectivity index (χ3n) is 4.10. The van der Waals surface area contributed by atoms with Crippen molar-refractivity contribution in [3.8, 4) is 0 Å². The summed E-state index contributed by atoms with van der Waals surface area (Å²) in [6.45, 7) is 4.53. The first-order valence-corrected chi connectivity index (χ1v) is 8.43. The van der Waals surface area contributed by atoms with Crippen molar-refractivity contribution in [1.82, 2.24) is 10.6 Å². The van der Waals surface area contributed by atoms with E-state index < -0.39 is 11.6 Å². The second kappa shape index (κ2) is 9.75. The summed E-state index contributed by atoms with van der Waals surface area (Å²) in [4.78, 5) is 6.42. The highest BCUT2D eigenvalue weighted by atomic mass is 127. The highest BCUT2D eigenvalue weighted by Gasteiger charge is 2.25. The van der Waals surface area contributed by atoms with Crippen LogP contribution in [0.2, 0.25) is 0 Å². The fraction of sp³-hybridized carbons (Fsp3) is 0.389. The molecular weight excluding hydrogens is 453 g/mol.